The van der Waals surface area contributed by atoms with Crippen LogP contribution in [0.25, 0.3) is 0 Å². The highest BCUT2D eigenvalue weighted by Crippen LogP contribution is 2.18. The van der Waals surface area contributed by atoms with Gasteiger partial charge >= 0.3 is 0 Å². The lowest BCUT2D eigenvalue weighted by atomic mass is 10.2. The molecule has 16 heavy (non-hydrogen) atoms. The van der Waals surface area contributed by atoms with E-state index in [-0.39, 0.29) is 5.91 Å². The van der Waals surface area contributed by atoms with Crippen molar-refractivity contribution in [3.05, 3.63) is 52.2 Å². The number of carbonyl (C=O) groups excluding carboxylic acids is 1. The van der Waals surface area contributed by atoms with E-state index in [0.29, 0.717) is 0 Å². The van der Waals surface area contributed by atoms with Crippen LogP contribution < -0.4 is 4.90 Å². The molecule has 0 N–H and O–H groups in total. The van der Waals surface area contributed by atoms with Gasteiger partial charge in [-0.2, -0.15) is 0 Å². The van der Waals surface area contributed by atoms with Crippen molar-refractivity contribution in [2.24, 2.45) is 0 Å². The fourth-order valence-electron chi connectivity index (χ4n) is 1.45. The van der Waals surface area contributed by atoms with E-state index in [1.54, 1.807) is 11.9 Å². The van der Waals surface area contributed by atoms with Crippen molar-refractivity contribution in [2.45, 2.75) is 6.92 Å². The standard InChI is InChI=1S/C13H13NOS/c1-10-5-7-11(8-6-10)14(2)13(15)12-4-3-9-16-12/h3-9H,1-2H3. The monoisotopic (exact) mass is 231 g/mol. The summed E-state index contributed by atoms with van der Waals surface area (Å²) in [4.78, 5) is 14.5. The number of hydrogen-bond acceptors (Lipinski definition) is 2. The topological polar surface area (TPSA) is 20.3 Å². The number of rotatable bonds is 2. The van der Waals surface area contributed by atoms with Gasteiger partial charge in [0, 0.05) is 12.7 Å². The molecule has 0 aliphatic rings. The average Bonchev–Trinajstić information content (AvgIpc) is 2.81. The summed E-state index contributed by atoms with van der Waals surface area (Å²) in [7, 11) is 1.80. The lowest BCUT2D eigenvalue weighted by molar-refractivity contribution is 0.0997. The van der Waals surface area contributed by atoms with Gasteiger partial charge in [0.25, 0.3) is 5.91 Å². The van der Waals surface area contributed by atoms with Crippen LogP contribution in [-0.2, 0) is 0 Å². The van der Waals surface area contributed by atoms with Crippen molar-refractivity contribution in [3.8, 4) is 0 Å². The molecule has 0 saturated heterocycles. The number of carbonyl (C=O) groups is 1. The Morgan fingerprint density at radius 3 is 2.44 bits per heavy atom. The molecule has 0 aliphatic carbocycles. The number of benzene rings is 1. The van der Waals surface area contributed by atoms with E-state index in [1.165, 1.54) is 16.9 Å². The molecule has 0 bridgehead atoms. The highest BCUT2D eigenvalue weighted by atomic mass is 32.1. The van der Waals surface area contributed by atoms with Gasteiger partial charge in [0.15, 0.2) is 0 Å². The first kappa shape index (κ1) is 10.9. The van der Waals surface area contributed by atoms with Crippen LogP contribution >= 0.6 is 11.3 Å². The van der Waals surface area contributed by atoms with Crippen molar-refractivity contribution in [1.82, 2.24) is 0 Å². The van der Waals surface area contributed by atoms with Crippen LogP contribution in [0, 0.1) is 6.92 Å². The van der Waals surface area contributed by atoms with Crippen LogP contribution in [0.2, 0.25) is 0 Å². The number of hydrogen-bond donors (Lipinski definition) is 0. The molecule has 3 heteroatoms. The molecule has 0 fully saturated rings. The van der Waals surface area contributed by atoms with E-state index in [4.69, 9.17) is 0 Å². The summed E-state index contributed by atoms with van der Waals surface area (Å²) >= 11 is 1.47. The minimum absolute atomic E-state index is 0.0406. The van der Waals surface area contributed by atoms with Crippen molar-refractivity contribution in [3.63, 3.8) is 0 Å². The Morgan fingerprint density at radius 2 is 1.88 bits per heavy atom. The molecular weight excluding hydrogens is 218 g/mol. The van der Waals surface area contributed by atoms with Gasteiger partial charge in [0.1, 0.15) is 0 Å². The molecule has 0 aliphatic heterocycles. The zero-order chi connectivity index (χ0) is 11.5. The molecule has 1 aromatic heterocycles. The molecule has 1 aromatic carbocycles. The molecule has 82 valence electrons. The summed E-state index contributed by atoms with van der Waals surface area (Å²) in [5.74, 6) is 0.0406. The Labute approximate surface area is 99.1 Å². The lowest BCUT2D eigenvalue weighted by Gasteiger charge is -2.16. The molecule has 0 spiro atoms. The molecule has 2 rings (SSSR count). The first-order chi connectivity index (χ1) is 7.68. The molecule has 0 unspecified atom stereocenters. The van der Waals surface area contributed by atoms with Gasteiger partial charge in [-0.1, -0.05) is 23.8 Å². The third-order valence-corrected chi connectivity index (χ3v) is 3.32. The zero-order valence-corrected chi connectivity index (χ0v) is 10.1. The first-order valence-corrected chi connectivity index (χ1v) is 5.94. The van der Waals surface area contributed by atoms with Crippen LogP contribution in [0.3, 0.4) is 0 Å². The lowest BCUT2D eigenvalue weighted by Crippen LogP contribution is -2.25. The summed E-state index contributed by atoms with van der Waals surface area (Å²) in [5.41, 5.74) is 2.12. The summed E-state index contributed by atoms with van der Waals surface area (Å²) in [6.45, 7) is 2.03. The highest BCUT2D eigenvalue weighted by molar-refractivity contribution is 7.12. The quantitative estimate of drug-likeness (QED) is 0.776. The summed E-state index contributed by atoms with van der Waals surface area (Å²) in [5, 5.41) is 1.91. The molecule has 2 aromatic rings. The van der Waals surface area contributed by atoms with Gasteiger partial charge in [-0.05, 0) is 30.5 Å². The van der Waals surface area contributed by atoms with Crippen LogP contribution in [0.4, 0.5) is 5.69 Å². The molecule has 0 saturated carbocycles. The maximum atomic E-state index is 12.0. The molecular formula is C13H13NOS. The van der Waals surface area contributed by atoms with Gasteiger partial charge in [-0.3, -0.25) is 4.79 Å². The predicted molar refractivity (Wildman–Crippen MR) is 68.2 cm³/mol. The van der Waals surface area contributed by atoms with Gasteiger partial charge in [0.2, 0.25) is 0 Å². The fraction of sp³-hybridized carbons (Fsp3) is 0.154. The van der Waals surface area contributed by atoms with E-state index < -0.39 is 0 Å². The fourth-order valence-corrected chi connectivity index (χ4v) is 2.15. The normalized spacial score (nSPS) is 10.1. The summed E-state index contributed by atoms with van der Waals surface area (Å²) in [6.07, 6.45) is 0. The Bertz CT molecular complexity index is 473. The van der Waals surface area contributed by atoms with E-state index in [2.05, 4.69) is 0 Å². The second-order valence-corrected chi connectivity index (χ2v) is 4.62. The number of aryl methyl sites for hydroxylation is 1. The average molecular weight is 231 g/mol. The predicted octanol–water partition coefficient (Wildman–Crippen LogP) is 3.33. The molecule has 0 atom stereocenters. The molecule has 1 heterocycles. The van der Waals surface area contributed by atoms with E-state index in [0.717, 1.165) is 10.6 Å². The van der Waals surface area contributed by atoms with Crippen LogP contribution in [-0.4, -0.2) is 13.0 Å². The van der Waals surface area contributed by atoms with Crippen molar-refractivity contribution < 1.29 is 4.79 Å². The van der Waals surface area contributed by atoms with Crippen molar-refractivity contribution in [1.29, 1.82) is 0 Å². The first-order valence-electron chi connectivity index (χ1n) is 5.07. The Kier molecular flexibility index (Phi) is 3.06. The largest absolute Gasteiger partial charge is 0.311 e. The van der Waals surface area contributed by atoms with Gasteiger partial charge in [-0.15, -0.1) is 11.3 Å². The minimum Gasteiger partial charge on any atom is -0.311 e. The second kappa shape index (κ2) is 4.49. The number of amides is 1. The van der Waals surface area contributed by atoms with Crippen LogP contribution in [0.1, 0.15) is 15.2 Å². The second-order valence-electron chi connectivity index (χ2n) is 3.68. The third-order valence-electron chi connectivity index (χ3n) is 2.46. The van der Waals surface area contributed by atoms with E-state index in [1.807, 2.05) is 48.7 Å². The van der Waals surface area contributed by atoms with E-state index >= 15 is 0 Å². The summed E-state index contributed by atoms with van der Waals surface area (Å²) < 4.78 is 0. The van der Waals surface area contributed by atoms with Crippen LogP contribution in [0.5, 0.6) is 0 Å². The van der Waals surface area contributed by atoms with Gasteiger partial charge < -0.3 is 4.90 Å². The maximum Gasteiger partial charge on any atom is 0.268 e. The Morgan fingerprint density at radius 1 is 1.19 bits per heavy atom. The number of anilines is 1. The maximum absolute atomic E-state index is 12.0. The molecule has 0 radical (unpaired) electrons. The van der Waals surface area contributed by atoms with Crippen molar-refractivity contribution >= 4 is 22.9 Å². The minimum atomic E-state index is 0.0406. The SMILES string of the molecule is Cc1ccc(N(C)C(=O)c2cccs2)cc1. The van der Waals surface area contributed by atoms with Crippen molar-refractivity contribution in [2.75, 3.05) is 11.9 Å². The highest BCUT2D eigenvalue weighted by Gasteiger charge is 2.13. The Balaban J connectivity index is 2.22. The van der Waals surface area contributed by atoms with Gasteiger partial charge in [-0.25, -0.2) is 0 Å². The Hall–Kier alpha value is -1.61. The van der Waals surface area contributed by atoms with E-state index in [9.17, 15) is 4.79 Å². The third kappa shape index (κ3) is 2.14. The molecule has 2 nitrogen and oxygen atoms in total. The zero-order valence-electron chi connectivity index (χ0n) is 9.31. The molecule has 1 amide bonds. The van der Waals surface area contributed by atoms with Gasteiger partial charge in [0.05, 0.1) is 4.88 Å². The summed E-state index contributed by atoms with van der Waals surface area (Å²) in [6, 6.07) is 11.7. The smallest absolute Gasteiger partial charge is 0.268 e. The van der Waals surface area contributed by atoms with Crippen LogP contribution in [0.15, 0.2) is 41.8 Å². The number of nitrogens with zero attached hydrogens (tertiary/aromatic N) is 1. The number of thiophene rings is 1.